The topological polar surface area (TPSA) is 126 Å². The summed E-state index contributed by atoms with van der Waals surface area (Å²) < 4.78 is 5.60. The first kappa shape index (κ1) is 16.1. The summed E-state index contributed by atoms with van der Waals surface area (Å²) in [6, 6.07) is 3.58. The van der Waals surface area contributed by atoms with Gasteiger partial charge in [0.1, 0.15) is 17.7 Å². The smallest absolute Gasteiger partial charge is 0.217 e. The third kappa shape index (κ3) is 4.95. The Labute approximate surface area is 131 Å². The molecule has 0 aliphatic carbocycles. The molecule has 0 aromatic carbocycles. The highest BCUT2D eigenvalue weighted by Gasteiger charge is 2.09. The fraction of sp³-hybridized carbons (Fsp3) is 0.308. The number of hydrogen-bond acceptors (Lipinski definition) is 7. The lowest BCUT2D eigenvalue weighted by Gasteiger charge is -2.01. The molecule has 0 saturated carbocycles. The maximum Gasteiger partial charge on any atom is 0.217 e. The zero-order valence-electron chi connectivity index (χ0n) is 11.9. The maximum atomic E-state index is 10.9. The van der Waals surface area contributed by atoms with Crippen LogP contribution in [0.25, 0.3) is 11.5 Å². The van der Waals surface area contributed by atoms with E-state index >= 15 is 0 Å². The largest absolute Gasteiger partial charge is 0.458 e. The van der Waals surface area contributed by atoms with Crippen molar-refractivity contribution in [2.75, 3.05) is 6.54 Å². The van der Waals surface area contributed by atoms with Gasteiger partial charge in [0.15, 0.2) is 5.76 Å². The molecular weight excluding hydrogens is 306 g/mol. The number of aromatic nitrogens is 1. The van der Waals surface area contributed by atoms with Crippen LogP contribution in [0.2, 0.25) is 0 Å². The van der Waals surface area contributed by atoms with E-state index in [1.54, 1.807) is 12.1 Å². The first-order valence-electron chi connectivity index (χ1n) is 6.53. The summed E-state index contributed by atoms with van der Waals surface area (Å²) in [6.07, 6.45) is 0.506. The lowest BCUT2D eigenvalue weighted by molar-refractivity contribution is -0.119. The van der Waals surface area contributed by atoms with Gasteiger partial charge in [0.05, 0.1) is 19.4 Å². The van der Waals surface area contributed by atoms with Gasteiger partial charge < -0.3 is 25.9 Å². The SMILES string of the molecule is CC(=O)NCc1ccc(-c2csc(N=CNCC(N)O)n2)o1. The minimum atomic E-state index is -0.927. The summed E-state index contributed by atoms with van der Waals surface area (Å²) in [5.41, 5.74) is 5.85. The van der Waals surface area contributed by atoms with Crippen LogP contribution in [0.4, 0.5) is 5.13 Å². The number of amides is 1. The van der Waals surface area contributed by atoms with Gasteiger partial charge in [-0.15, -0.1) is 11.3 Å². The predicted molar refractivity (Wildman–Crippen MR) is 83.7 cm³/mol. The van der Waals surface area contributed by atoms with Gasteiger partial charge in [0.25, 0.3) is 0 Å². The molecule has 0 aliphatic heterocycles. The van der Waals surface area contributed by atoms with E-state index in [9.17, 15) is 4.79 Å². The Bertz CT molecular complexity index is 650. The van der Waals surface area contributed by atoms with Crippen molar-refractivity contribution in [3.05, 3.63) is 23.3 Å². The number of nitrogens with two attached hydrogens (primary N) is 1. The molecule has 0 aliphatic rings. The number of aliphatic hydroxyl groups is 1. The summed E-state index contributed by atoms with van der Waals surface area (Å²) in [4.78, 5) is 19.3. The van der Waals surface area contributed by atoms with Crippen molar-refractivity contribution in [1.82, 2.24) is 15.6 Å². The van der Waals surface area contributed by atoms with E-state index in [4.69, 9.17) is 15.3 Å². The molecule has 2 heterocycles. The van der Waals surface area contributed by atoms with E-state index in [0.717, 1.165) is 0 Å². The van der Waals surface area contributed by atoms with E-state index in [0.29, 0.717) is 28.9 Å². The van der Waals surface area contributed by atoms with Crippen LogP contribution in [0, 0.1) is 0 Å². The highest BCUT2D eigenvalue weighted by molar-refractivity contribution is 7.13. The molecule has 0 bridgehead atoms. The van der Waals surface area contributed by atoms with E-state index in [1.807, 2.05) is 5.38 Å². The van der Waals surface area contributed by atoms with Crippen LogP contribution >= 0.6 is 11.3 Å². The second-order valence-corrected chi connectivity index (χ2v) is 5.26. The van der Waals surface area contributed by atoms with Crippen LogP contribution < -0.4 is 16.4 Å². The molecule has 22 heavy (non-hydrogen) atoms. The van der Waals surface area contributed by atoms with Crippen molar-refractivity contribution >= 4 is 28.7 Å². The maximum absolute atomic E-state index is 10.9. The van der Waals surface area contributed by atoms with Crippen molar-refractivity contribution < 1.29 is 14.3 Å². The molecule has 2 aromatic rings. The molecule has 0 saturated heterocycles. The average Bonchev–Trinajstić information content (AvgIpc) is 3.10. The number of thiazole rings is 1. The number of nitrogens with one attached hydrogen (secondary N) is 2. The van der Waals surface area contributed by atoms with Crippen LogP contribution in [0.1, 0.15) is 12.7 Å². The second-order valence-electron chi connectivity index (χ2n) is 4.42. The van der Waals surface area contributed by atoms with Crippen molar-refractivity contribution in [3.63, 3.8) is 0 Å². The summed E-state index contributed by atoms with van der Waals surface area (Å²) in [5, 5.41) is 16.7. The highest BCUT2D eigenvalue weighted by Crippen LogP contribution is 2.27. The number of nitrogens with zero attached hydrogens (tertiary/aromatic N) is 2. The summed E-state index contributed by atoms with van der Waals surface area (Å²) in [6.45, 7) is 2.01. The van der Waals surface area contributed by atoms with Crippen LogP contribution in [0.5, 0.6) is 0 Å². The van der Waals surface area contributed by atoms with Crippen molar-refractivity contribution in [2.24, 2.45) is 10.7 Å². The number of rotatable bonds is 7. The Morgan fingerprint density at radius 2 is 2.45 bits per heavy atom. The van der Waals surface area contributed by atoms with Gasteiger partial charge in [0, 0.05) is 12.3 Å². The highest BCUT2D eigenvalue weighted by atomic mass is 32.1. The van der Waals surface area contributed by atoms with Crippen LogP contribution in [0.3, 0.4) is 0 Å². The third-order valence-electron chi connectivity index (χ3n) is 2.51. The molecule has 1 atom stereocenters. The van der Waals surface area contributed by atoms with Crippen LogP contribution in [-0.2, 0) is 11.3 Å². The number of carbonyl (C=O) groups excluding carboxylic acids is 1. The number of aliphatic hydroxyl groups excluding tert-OH is 1. The molecule has 2 rings (SSSR count). The molecule has 118 valence electrons. The molecule has 9 heteroatoms. The van der Waals surface area contributed by atoms with Gasteiger partial charge in [0.2, 0.25) is 11.0 Å². The quantitative estimate of drug-likeness (QED) is 0.335. The molecule has 5 N–H and O–H groups in total. The standard InChI is InChI=1S/C13H17N5O3S/c1-8(19)16-4-9-2-3-11(21-9)10-6-22-13(18-10)17-7-15-5-12(14)20/h2-3,6-7,12,20H,4-5,14H2,1H3,(H,16,19)(H,15,17,18). The van der Waals surface area contributed by atoms with Crippen molar-refractivity contribution in [3.8, 4) is 11.5 Å². The van der Waals surface area contributed by atoms with Gasteiger partial charge in [-0.1, -0.05) is 0 Å². The van der Waals surface area contributed by atoms with Crippen molar-refractivity contribution in [1.29, 1.82) is 0 Å². The lowest BCUT2D eigenvalue weighted by Crippen LogP contribution is -2.32. The number of carbonyl (C=O) groups is 1. The van der Waals surface area contributed by atoms with Gasteiger partial charge >= 0.3 is 0 Å². The first-order valence-corrected chi connectivity index (χ1v) is 7.41. The molecule has 0 radical (unpaired) electrons. The van der Waals surface area contributed by atoms with Gasteiger partial charge in [-0.2, -0.15) is 0 Å². The Kier molecular flexibility index (Phi) is 5.64. The molecule has 0 spiro atoms. The van der Waals surface area contributed by atoms with Crippen LogP contribution in [0.15, 0.2) is 26.9 Å². The molecule has 1 amide bonds. The van der Waals surface area contributed by atoms with Gasteiger partial charge in [-0.25, -0.2) is 9.98 Å². The number of furan rings is 1. The Balaban J connectivity index is 1.94. The normalized spacial score (nSPS) is 12.5. The summed E-state index contributed by atoms with van der Waals surface area (Å²) in [7, 11) is 0. The summed E-state index contributed by atoms with van der Waals surface area (Å²) in [5.74, 6) is 1.16. The zero-order valence-corrected chi connectivity index (χ0v) is 12.8. The molecule has 0 fully saturated rings. The van der Waals surface area contributed by atoms with Gasteiger partial charge in [-0.05, 0) is 12.1 Å². The van der Waals surface area contributed by atoms with Crippen molar-refractivity contribution in [2.45, 2.75) is 19.7 Å². The second kappa shape index (κ2) is 7.69. The minimum Gasteiger partial charge on any atom is -0.458 e. The summed E-state index contributed by atoms with van der Waals surface area (Å²) >= 11 is 1.36. The van der Waals surface area contributed by atoms with E-state index < -0.39 is 6.23 Å². The number of hydrogen-bond donors (Lipinski definition) is 4. The minimum absolute atomic E-state index is 0.113. The monoisotopic (exact) mass is 323 g/mol. The first-order chi connectivity index (χ1) is 10.5. The fourth-order valence-corrected chi connectivity index (χ4v) is 2.18. The predicted octanol–water partition coefficient (Wildman–Crippen LogP) is 0.566. The average molecular weight is 323 g/mol. The Hall–Kier alpha value is -2.23. The van der Waals surface area contributed by atoms with Crippen LogP contribution in [-0.4, -0.2) is 35.1 Å². The van der Waals surface area contributed by atoms with E-state index in [-0.39, 0.29) is 12.5 Å². The third-order valence-corrected chi connectivity index (χ3v) is 3.26. The Morgan fingerprint density at radius 3 is 3.18 bits per heavy atom. The van der Waals surface area contributed by atoms with E-state index in [1.165, 1.54) is 24.6 Å². The van der Waals surface area contributed by atoms with Gasteiger partial charge in [-0.3, -0.25) is 4.79 Å². The molecule has 8 nitrogen and oxygen atoms in total. The van der Waals surface area contributed by atoms with E-state index in [2.05, 4.69) is 20.6 Å². The molecular formula is C13H17N5O3S. The number of aliphatic imine (C=N–C) groups is 1. The lowest BCUT2D eigenvalue weighted by atomic mass is 10.3. The Morgan fingerprint density at radius 1 is 1.64 bits per heavy atom. The fourth-order valence-electron chi connectivity index (χ4n) is 1.53. The molecule has 2 aromatic heterocycles. The molecule has 1 unspecified atom stereocenters. The zero-order chi connectivity index (χ0) is 15.9.